The SMILES string of the molecule is CCCCCC(O)CCC(=O)Cc1ccc(O)c(OC)c1. The molecule has 118 valence electrons. The van der Waals surface area contributed by atoms with Crippen LogP contribution >= 0.6 is 0 Å². The molecule has 0 amide bonds. The number of ether oxygens (including phenoxy) is 1. The van der Waals surface area contributed by atoms with Crippen molar-refractivity contribution in [2.24, 2.45) is 0 Å². The third-order valence-corrected chi connectivity index (χ3v) is 3.54. The topological polar surface area (TPSA) is 66.8 Å². The number of rotatable bonds is 10. The molecule has 0 aromatic heterocycles. The fraction of sp³-hybridized carbons (Fsp3) is 0.588. The van der Waals surface area contributed by atoms with E-state index in [9.17, 15) is 15.0 Å². The molecule has 1 rings (SSSR count). The summed E-state index contributed by atoms with van der Waals surface area (Å²) >= 11 is 0. The van der Waals surface area contributed by atoms with Crippen molar-refractivity contribution in [3.8, 4) is 11.5 Å². The maximum absolute atomic E-state index is 11.9. The maximum Gasteiger partial charge on any atom is 0.160 e. The number of phenols is 1. The maximum atomic E-state index is 11.9. The van der Waals surface area contributed by atoms with Crippen LogP contribution in [-0.4, -0.2) is 29.2 Å². The molecule has 4 heteroatoms. The van der Waals surface area contributed by atoms with Crippen LogP contribution in [0, 0.1) is 0 Å². The van der Waals surface area contributed by atoms with E-state index in [1.54, 1.807) is 12.1 Å². The highest BCUT2D eigenvalue weighted by Crippen LogP contribution is 2.26. The van der Waals surface area contributed by atoms with Gasteiger partial charge in [0.25, 0.3) is 0 Å². The van der Waals surface area contributed by atoms with E-state index in [-0.39, 0.29) is 17.6 Å². The van der Waals surface area contributed by atoms with E-state index in [0.29, 0.717) is 25.0 Å². The van der Waals surface area contributed by atoms with Gasteiger partial charge in [-0.3, -0.25) is 4.79 Å². The van der Waals surface area contributed by atoms with Gasteiger partial charge in [0.15, 0.2) is 11.5 Å². The van der Waals surface area contributed by atoms with E-state index in [1.807, 2.05) is 0 Å². The molecule has 2 N–H and O–H groups in total. The lowest BCUT2D eigenvalue weighted by molar-refractivity contribution is -0.119. The highest BCUT2D eigenvalue weighted by atomic mass is 16.5. The average Bonchev–Trinajstić information content (AvgIpc) is 2.47. The predicted octanol–water partition coefficient (Wildman–Crippen LogP) is 3.23. The summed E-state index contributed by atoms with van der Waals surface area (Å²) in [4.78, 5) is 11.9. The molecule has 4 nitrogen and oxygen atoms in total. The molecule has 0 radical (unpaired) electrons. The van der Waals surface area contributed by atoms with Gasteiger partial charge in [-0.05, 0) is 30.5 Å². The zero-order valence-corrected chi connectivity index (χ0v) is 13.0. The number of aliphatic hydroxyl groups is 1. The number of ketones is 1. The number of benzene rings is 1. The number of unbranched alkanes of at least 4 members (excludes halogenated alkanes) is 2. The number of hydrogen-bond acceptors (Lipinski definition) is 4. The second-order valence-corrected chi connectivity index (χ2v) is 5.41. The Hall–Kier alpha value is -1.55. The van der Waals surface area contributed by atoms with Crippen molar-refractivity contribution >= 4 is 5.78 Å². The molecule has 0 saturated heterocycles. The van der Waals surface area contributed by atoms with Crippen molar-refractivity contribution in [3.05, 3.63) is 23.8 Å². The monoisotopic (exact) mass is 294 g/mol. The van der Waals surface area contributed by atoms with E-state index in [2.05, 4.69) is 6.92 Å². The molecule has 1 aromatic rings. The van der Waals surface area contributed by atoms with Crippen molar-refractivity contribution in [2.75, 3.05) is 7.11 Å². The third kappa shape index (κ3) is 6.63. The summed E-state index contributed by atoms with van der Waals surface area (Å²) in [7, 11) is 1.48. The summed E-state index contributed by atoms with van der Waals surface area (Å²) in [5.74, 6) is 0.539. The van der Waals surface area contributed by atoms with Gasteiger partial charge in [-0.2, -0.15) is 0 Å². The lowest BCUT2D eigenvalue weighted by atomic mass is 10.0. The first-order valence-electron chi connectivity index (χ1n) is 7.62. The van der Waals surface area contributed by atoms with Gasteiger partial charge in [0.1, 0.15) is 5.78 Å². The van der Waals surface area contributed by atoms with Crippen LogP contribution in [0.5, 0.6) is 11.5 Å². The Morgan fingerprint density at radius 3 is 2.71 bits per heavy atom. The molecule has 0 aliphatic carbocycles. The highest BCUT2D eigenvalue weighted by molar-refractivity contribution is 5.81. The van der Waals surface area contributed by atoms with Crippen LogP contribution in [0.2, 0.25) is 0 Å². The highest BCUT2D eigenvalue weighted by Gasteiger charge is 2.10. The van der Waals surface area contributed by atoms with E-state index in [4.69, 9.17) is 4.74 Å². The molecule has 0 spiro atoms. The second kappa shape index (κ2) is 9.40. The molecular weight excluding hydrogens is 268 g/mol. The fourth-order valence-electron chi connectivity index (χ4n) is 2.25. The van der Waals surface area contributed by atoms with Gasteiger partial charge in [-0.15, -0.1) is 0 Å². The molecular formula is C17H26O4. The third-order valence-electron chi connectivity index (χ3n) is 3.54. The van der Waals surface area contributed by atoms with Gasteiger partial charge >= 0.3 is 0 Å². The molecule has 1 aromatic carbocycles. The lowest BCUT2D eigenvalue weighted by Crippen LogP contribution is -2.11. The molecule has 0 aliphatic rings. The Morgan fingerprint density at radius 2 is 2.05 bits per heavy atom. The van der Waals surface area contributed by atoms with Crippen molar-refractivity contribution in [3.63, 3.8) is 0 Å². The van der Waals surface area contributed by atoms with Crippen LogP contribution < -0.4 is 4.74 Å². The Morgan fingerprint density at radius 1 is 1.29 bits per heavy atom. The average molecular weight is 294 g/mol. The van der Waals surface area contributed by atoms with Crippen LogP contribution in [-0.2, 0) is 11.2 Å². The molecule has 0 fully saturated rings. The smallest absolute Gasteiger partial charge is 0.160 e. The number of phenolic OH excluding ortho intramolecular Hbond substituents is 1. The molecule has 1 unspecified atom stereocenters. The predicted molar refractivity (Wildman–Crippen MR) is 82.8 cm³/mol. The molecule has 0 bridgehead atoms. The number of carbonyl (C=O) groups excluding carboxylic acids is 1. The van der Waals surface area contributed by atoms with Crippen molar-refractivity contribution in [1.82, 2.24) is 0 Å². The minimum atomic E-state index is -0.380. The number of hydrogen-bond donors (Lipinski definition) is 2. The lowest BCUT2D eigenvalue weighted by Gasteiger charge is -2.10. The van der Waals surface area contributed by atoms with Gasteiger partial charge in [0, 0.05) is 12.8 Å². The molecule has 0 aliphatic heterocycles. The van der Waals surface area contributed by atoms with Crippen LogP contribution in [0.25, 0.3) is 0 Å². The normalized spacial score (nSPS) is 12.1. The number of methoxy groups -OCH3 is 1. The van der Waals surface area contributed by atoms with Crippen molar-refractivity contribution in [2.45, 2.75) is 58.0 Å². The minimum absolute atomic E-state index is 0.0695. The molecule has 1 atom stereocenters. The fourth-order valence-corrected chi connectivity index (χ4v) is 2.25. The second-order valence-electron chi connectivity index (χ2n) is 5.41. The van der Waals surface area contributed by atoms with Crippen LogP contribution in [0.1, 0.15) is 51.0 Å². The molecule has 21 heavy (non-hydrogen) atoms. The van der Waals surface area contributed by atoms with E-state index < -0.39 is 0 Å². The van der Waals surface area contributed by atoms with Crippen LogP contribution in [0.3, 0.4) is 0 Å². The first kappa shape index (κ1) is 17.5. The zero-order valence-electron chi connectivity index (χ0n) is 13.0. The number of carbonyl (C=O) groups is 1. The minimum Gasteiger partial charge on any atom is -0.504 e. The van der Waals surface area contributed by atoms with Crippen LogP contribution in [0.4, 0.5) is 0 Å². The first-order valence-corrected chi connectivity index (χ1v) is 7.62. The Kier molecular flexibility index (Phi) is 7.83. The summed E-state index contributed by atoms with van der Waals surface area (Å²) < 4.78 is 5.02. The molecule has 0 heterocycles. The first-order chi connectivity index (χ1) is 10.1. The van der Waals surface area contributed by atoms with Crippen molar-refractivity contribution < 1.29 is 19.7 Å². The number of aromatic hydroxyl groups is 1. The summed E-state index contributed by atoms with van der Waals surface area (Å²) in [6, 6.07) is 4.92. The Labute approximate surface area is 126 Å². The van der Waals surface area contributed by atoms with E-state index in [1.165, 1.54) is 13.2 Å². The van der Waals surface area contributed by atoms with Crippen molar-refractivity contribution in [1.29, 1.82) is 0 Å². The van der Waals surface area contributed by atoms with Crippen LogP contribution in [0.15, 0.2) is 18.2 Å². The van der Waals surface area contributed by atoms with Gasteiger partial charge in [0.05, 0.1) is 13.2 Å². The Bertz CT molecular complexity index is 442. The standard InChI is InChI=1S/C17H26O4/c1-3-4-5-6-14(18)8-9-15(19)11-13-7-10-16(20)17(12-13)21-2/h7,10,12,14,18,20H,3-6,8-9,11H2,1-2H3. The summed E-state index contributed by atoms with van der Waals surface area (Å²) in [5, 5.41) is 19.3. The Balaban J connectivity index is 2.36. The summed E-state index contributed by atoms with van der Waals surface area (Å²) in [6.45, 7) is 2.13. The van der Waals surface area contributed by atoms with E-state index >= 15 is 0 Å². The van der Waals surface area contributed by atoms with Gasteiger partial charge in [-0.1, -0.05) is 32.3 Å². The quantitative estimate of drug-likeness (QED) is 0.650. The van der Waals surface area contributed by atoms with E-state index in [0.717, 1.165) is 31.2 Å². The summed E-state index contributed by atoms with van der Waals surface area (Å²) in [6.07, 6.45) is 4.88. The van der Waals surface area contributed by atoms with Gasteiger partial charge in [0.2, 0.25) is 0 Å². The molecule has 0 saturated carbocycles. The summed E-state index contributed by atoms with van der Waals surface area (Å²) in [5.41, 5.74) is 0.815. The number of aliphatic hydroxyl groups excluding tert-OH is 1. The largest absolute Gasteiger partial charge is 0.504 e. The number of Topliss-reactive ketones (excluding diaryl/α,β-unsaturated/α-hetero) is 1. The van der Waals surface area contributed by atoms with Gasteiger partial charge in [-0.25, -0.2) is 0 Å². The zero-order chi connectivity index (χ0) is 15.7. The van der Waals surface area contributed by atoms with Gasteiger partial charge < -0.3 is 14.9 Å².